The molecule has 0 bridgehead atoms. The summed E-state index contributed by atoms with van der Waals surface area (Å²) in [4.78, 5) is 6.13. The summed E-state index contributed by atoms with van der Waals surface area (Å²) in [5.74, 6) is 0.523. The molecule has 7 heteroatoms. The van der Waals surface area contributed by atoms with Crippen molar-refractivity contribution in [3.05, 3.63) is 0 Å². The van der Waals surface area contributed by atoms with Crippen LogP contribution in [0.4, 0.5) is 0 Å². The van der Waals surface area contributed by atoms with Gasteiger partial charge in [0.15, 0.2) is 5.96 Å². The molecule has 1 heterocycles. The van der Waals surface area contributed by atoms with Crippen LogP contribution >= 0.6 is 0 Å². The number of hydrogen-bond donors (Lipinski definition) is 1. The molecule has 6 nitrogen and oxygen atoms in total. The van der Waals surface area contributed by atoms with Gasteiger partial charge in [-0.25, -0.2) is 8.42 Å². The van der Waals surface area contributed by atoms with E-state index in [2.05, 4.69) is 4.99 Å². The fourth-order valence-corrected chi connectivity index (χ4v) is 2.40. The lowest BCUT2D eigenvalue weighted by molar-refractivity contribution is 0.265. The first kappa shape index (κ1) is 13.2. The molecule has 2 N–H and O–H groups in total. The van der Waals surface area contributed by atoms with Crippen molar-refractivity contribution >= 4 is 16.0 Å². The van der Waals surface area contributed by atoms with Crippen LogP contribution in [0.2, 0.25) is 0 Å². The van der Waals surface area contributed by atoms with E-state index in [4.69, 9.17) is 5.73 Å². The average Bonchev–Trinajstić information content (AvgIpc) is 2.25. The smallest absolute Gasteiger partial charge is 0.211 e. The predicted molar refractivity (Wildman–Crippen MR) is 64.8 cm³/mol. The fraction of sp³-hybridized carbons (Fsp3) is 0.889. The highest BCUT2D eigenvalue weighted by atomic mass is 32.2. The first-order valence-electron chi connectivity index (χ1n) is 5.45. The van der Waals surface area contributed by atoms with E-state index in [-0.39, 0.29) is 0 Å². The van der Waals surface area contributed by atoms with Gasteiger partial charge in [-0.3, -0.25) is 4.99 Å². The van der Waals surface area contributed by atoms with Gasteiger partial charge >= 0.3 is 0 Å². The molecule has 0 unspecified atom stereocenters. The number of sulfonamides is 1. The molecule has 0 aromatic rings. The summed E-state index contributed by atoms with van der Waals surface area (Å²) in [6.07, 6.45) is 2.20. The second-order valence-electron chi connectivity index (χ2n) is 3.89. The number of hydrogen-bond acceptors (Lipinski definition) is 3. The number of guanidine groups is 1. The zero-order chi connectivity index (χ0) is 12.2. The molecule has 16 heavy (non-hydrogen) atoms. The minimum atomic E-state index is -3.07. The molecule has 0 radical (unpaired) electrons. The van der Waals surface area contributed by atoms with Crippen molar-refractivity contribution in [1.82, 2.24) is 9.21 Å². The second kappa shape index (κ2) is 5.49. The molecular weight excluding hydrogens is 228 g/mol. The number of nitrogens with two attached hydrogens (primary N) is 1. The number of piperazine rings is 1. The van der Waals surface area contributed by atoms with E-state index in [1.54, 1.807) is 0 Å². The molecule has 0 amide bonds. The summed E-state index contributed by atoms with van der Waals surface area (Å²) < 4.78 is 24.0. The quantitative estimate of drug-likeness (QED) is 0.528. The standard InChI is InChI=1S/C9H20N4O2S/c1-3-4-11-9(10)12-5-7-13(8-6-12)16(2,14)15/h3-8H2,1-2H3,(H2,10,11). The lowest BCUT2D eigenvalue weighted by atomic mass is 10.4. The van der Waals surface area contributed by atoms with Gasteiger partial charge in [0, 0.05) is 32.7 Å². The van der Waals surface area contributed by atoms with Crippen LogP contribution in [-0.4, -0.2) is 62.6 Å². The molecule has 1 rings (SSSR count). The molecule has 1 aliphatic heterocycles. The van der Waals surface area contributed by atoms with E-state index in [9.17, 15) is 8.42 Å². The Labute approximate surface area is 97.2 Å². The van der Waals surface area contributed by atoms with E-state index in [0.29, 0.717) is 32.1 Å². The van der Waals surface area contributed by atoms with Crippen molar-refractivity contribution < 1.29 is 8.42 Å². The Bertz CT molecular complexity index is 345. The summed E-state index contributed by atoms with van der Waals surface area (Å²) in [6.45, 7) is 4.97. The third-order valence-electron chi connectivity index (χ3n) is 2.53. The number of rotatable bonds is 3. The summed E-state index contributed by atoms with van der Waals surface area (Å²) in [5.41, 5.74) is 5.80. The Balaban J connectivity index is 2.49. The molecule has 94 valence electrons. The lowest BCUT2D eigenvalue weighted by Crippen LogP contribution is -2.52. The normalized spacial score (nSPS) is 20.1. The maximum absolute atomic E-state index is 11.3. The van der Waals surface area contributed by atoms with Crippen LogP contribution in [0.25, 0.3) is 0 Å². The average molecular weight is 248 g/mol. The molecular formula is C9H20N4O2S. The van der Waals surface area contributed by atoms with Gasteiger partial charge in [0.1, 0.15) is 0 Å². The minimum Gasteiger partial charge on any atom is -0.370 e. The fourth-order valence-electron chi connectivity index (χ4n) is 1.58. The van der Waals surface area contributed by atoms with Crippen LogP contribution in [0.3, 0.4) is 0 Å². The van der Waals surface area contributed by atoms with E-state index in [1.165, 1.54) is 10.6 Å². The highest BCUT2D eigenvalue weighted by molar-refractivity contribution is 7.88. The van der Waals surface area contributed by atoms with Crippen molar-refractivity contribution in [3.63, 3.8) is 0 Å². The van der Waals surface area contributed by atoms with Crippen molar-refractivity contribution in [3.8, 4) is 0 Å². The van der Waals surface area contributed by atoms with E-state index >= 15 is 0 Å². The molecule has 0 spiro atoms. The van der Waals surface area contributed by atoms with Gasteiger partial charge in [-0.15, -0.1) is 0 Å². The van der Waals surface area contributed by atoms with Gasteiger partial charge in [0.2, 0.25) is 10.0 Å². The Morgan fingerprint density at radius 3 is 2.31 bits per heavy atom. The van der Waals surface area contributed by atoms with Gasteiger partial charge in [0.25, 0.3) is 0 Å². The third kappa shape index (κ3) is 3.64. The first-order valence-corrected chi connectivity index (χ1v) is 7.30. The first-order chi connectivity index (χ1) is 7.45. The SMILES string of the molecule is CCCN=C(N)N1CCN(S(C)(=O)=O)CC1. The van der Waals surface area contributed by atoms with E-state index < -0.39 is 10.0 Å². The van der Waals surface area contributed by atoms with E-state index in [0.717, 1.165) is 13.0 Å². The molecule has 0 aromatic heterocycles. The van der Waals surface area contributed by atoms with Gasteiger partial charge in [-0.1, -0.05) is 6.92 Å². The maximum Gasteiger partial charge on any atom is 0.211 e. The van der Waals surface area contributed by atoms with Gasteiger partial charge in [0.05, 0.1) is 6.26 Å². The Kier molecular flexibility index (Phi) is 4.55. The zero-order valence-electron chi connectivity index (χ0n) is 9.89. The lowest BCUT2D eigenvalue weighted by Gasteiger charge is -2.33. The van der Waals surface area contributed by atoms with Crippen molar-refractivity contribution in [2.45, 2.75) is 13.3 Å². The van der Waals surface area contributed by atoms with Crippen LogP contribution in [0, 0.1) is 0 Å². The molecule has 0 atom stereocenters. The topological polar surface area (TPSA) is 79.0 Å². The maximum atomic E-state index is 11.3. The Morgan fingerprint density at radius 2 is 1.88 bits per heavy atom. The summed E-state index contributed by atoms with van der Waals surface area (Å²) in [7, 11) is -3.07. The molecule has 0 aromatic carbocycles. The van der Waals surface area contributed by atoms with Crippen LogP contribution < -0.4 is 5.73 Å². The molecule has 1 saturated heterocycles. The molecule has 0 saturated carbocycles. The van der Waals surface area contributed by atoms with Crippen molar-refractivity contribution in [2.75, 3.05) is 39.0 Å². The Morgan fingerprint density at radius 1 is 1.31 bits per heavy atom. The molecule has 1 aliphatic rings. The third-order valence-corrected chi connectivity index (χ3v) is 3.83. The minimum absolute atomic E-state index is 0.487. The number of aliphatic imine (C=N–C) groups is 1. The van der Waals surface area contributed by atoms with Gasteiger partial charge in [-0.2, -0.15) is 4.31 Å². The Hall–Kier alpha value is -0.820. The summed E-state index contributed by atoms with van der Waals surface area (Å²) in [5, 5.41) is 0. The largest absolute Gasteiger partial charge is 0.370 e. The van der Waals surface area contributed by atoms with Crippen molar-refractivity contribution in [1.29, 1.82) is 0 Å². The van der Waals surface area contributed by atoms with Gasteiger partial charge < -0.3 is 10.6 Å². The van der Waals surface area contributed by atoms with Crippen LogP contribution in [0.5, 0.6) is 0 Å². The second-order valence-corrected chi connectivity index (χ2v) is 5.87. The van der Waals surface area contributed by atoms with E-state index in [1.807, 2.05) is 11.8 Å². The molecule has 0 aliphatic carbocycles. The van der Waals surface area contributed by atoms with Gasteiger partial charge in [-0.05, 0) is 6.42 Å². The number of nitrogens with zero attached hydrogens (tertiary/aromatic N) is 3. The van der Waals surface area contributed by atoms with Crippen LogP contribution in [-0.2, 0) is 10.0 Å². The zero-order valence-corrected chi connectivity index (χ0v) is 10.7. The highest BCUT2D eigenvalue weighted by Crippen LogP contribution is 2.05. The van der Waals surface area contributed by atoms with Crippen LogP contribution in [0.15, 0.2) is 4.99 Å². The predicted octanol–water partition coefficient (Wildman–Crippen LogP) is -0.712. The van der Waals surface area contributed by atoms with Crippen LogP contribution in [0.1, 0.15) is 13.3 Å². The highest BCUT2D eigenvalue weighted by Gasteiger charge is 2.23. The monoisotopic (exact) mass is 248 g/mol. The summed E-state index contributed by atoms with van der Waals surface area (Å²) in [6, 6.07) is 0. The summed E-state index contributed by atoms with van der Waals surface area (Å²) >= 11 is 0. The van der Waals surface area contributed by atoms with Crippen molar-refractivity contribution in [2.24, 2.45) is 10.7 Å². The molecule has 1 fully saturated rings.